The van der Waals surface area contributed by atoms with Crippen LogP contribution < -0.4 is 0 Å². The van der Waals surface area contributed by atoms with Crippen LogP contribution in [0.1, 0.15) is 48.6 Å². The Kier molecular flexibility index (Phi) is 3.03. The molecular weight excluding hydrogens is 264 g/mol. The lowest BCUT2D eigenvalue weighted by molar-refractivity contribution is 0.0852. The SMILES string of the molecule is Brc1ccc(C2CC2)cc1C1CCOCC1. The van der Waals surface area contributed by atoms with Crippen molar-refractivity contribution in [3.05, 3.63) is 33.8 Å². The van der Waals surface area contributed by atoms with Crippen molar-refractivity contribution in [3.8, 4) is 0 Å². The molecule has 1 aliphatic heterocycles. The lowest BCUT2D eigenvalue weighted by Gasteiger charge is -2.24. The third-order valence-corrected chi connectivity index (χ3v) is 4.45. The van der Waals surface area contributed by atoms with Crippen molar-refractivity contribution in [2.45, 2.75) is 37.5 Å². The molecule has 0 atom stereocenters. The first-order chi connectivity index (χ1) is 7.84. The van der Waals surface area contributed by atoms with E-state index in [-0.39, 0.29) is 0 Å². The van der Waals surface area contributed by atoms with Crippen LogP contribution in [0.25, 0.3) is 0 Å². The average Bonchev–Trinajstić information content (AvgIpc) is 3.15. The largest absolute Gasteiger partial charge is 0.381 e. The van der Waals surface area contributed by atoms with Crippen LogP contribution in [-0.4, -0.2) is 13.2 Å². The molecule has 2 heteroatoms. The molecular formula is C14H17BrO. The summed E-state index contributed by atoms with van der Waals surface area (Å²) in [7, 11) is 0. The van der Waals surface area contributed by atoms with E-state index in [2.05, 4.69) is 34.1 Å². The van der Waals surface area contributed by atoms with Crippen LogP contribution in [0.15, 0.2) is 22.7 Å². The number of halogens is 1. The van der Waals surface area contributed by atoms with Crippen LogP contribution in [0.2, 0.25) is 0 Å². The quantitative estimate of drug-likeness (QED) is 0.788. The lowest BCUT2D eigenvalue weighted by atomic mass is 9.90. The van der Waals surface area contributed by atoms with E-state index >= 15 is 0 Å². The van der Waals surface area contributed by atoms with Crippen molar-refractivity contribution in [1.29, 1.82) is 0 Å². The molecule has 0 radical (unpaired) electrons. The molecule has 0 amide bonds. The molecule has 0 bridgehead atoms. The maximum absolute atomic E-state index is 5.44. The Bertz CT molecular complexity index is 378. The van der Waals surface area contributed by atoms with Crippen LogP contribution >= 0.6 is 15.9 Å². The molecule has 86 valence electrons. The van der Waals surface area contributed by atoms with Gasteiger partial charge in [0.15, 0.2) is 0 Å². The van der Waals surface area contributed by atoms with Gasteiger partial charge in [-0.05, 0) is 54.7 Å². The molecule has 3 rings (SSSR count). The molecule has 2 fully saturated rings. The van der Waals surface area contributed by atoms with Crippen LogP contribution in [0.5, 0.6) is 0 Å². The summed E-state index contributed by atoms with van der Waals surface area (Å²) in [5.41, 5.74) is 3.05. The summed E-state index contributed by atoms with van der Waals surface area (Å²) in [5.74, 6) is 1.55. The number of benzene rings is 1. The molecule has 1 nitrogen and oxygen atoms in total. The second kappa shape index (κ2) is 4.50. The van der Waals surface area contributed by atoms with E-state index < -0.39 is 0 Å². The Morgan fingerprint density at radius 2 is 1.75 bits per heavy atom. The van der Waals surface area contributed by atoms with Gasteiger partial charge in [-0.2, -0.15) is 0 Å². The lowest BCUT2D eigenvalue weighted by Crippen LogP contribution is -2.14. The smallest absolute Gasteiger partial charge is 0.0471 e. The Morgan fingerprint density at radius 1 is 1.00 bits per heavy atom. The fourth-order valence-corrected chi connectivity index (χ4v) is 3.12. The van der Waals surface area contributed by atoms with E-state index in [0.717, 1.165) is 19.1 Å². The van der Waals surface area contributed by atoms with Gasteiger partial charge < -0.3 is 4.74 Å². The topological polar surface area (TPSA) is 9.23 Å². The predicted octanol–water partition coefficient (Wildman–Crippen LogP) is 4.22. The van der Waals surface area contributed by atoms with Crippen molar-refractivity contribution in [3.63, 3.8) is 0 Å². The summed E-state index contributed by atoms with van der Waals surface area (Å²) in [6.07, 6.45) is 5.11. The molecule has 1 saturated heterocycles. The molecule has 0 aromatic heterocycles. The van der Waals surface area contributed by atoms with E-state index in [1.807, 2.05) is 0 Å². The van der Waals surface area contributed by atoms with Gasteiger partial charge >= 0.3 is 0 Å². The normalized spacial score (nSPS) is 22.3. The minimum absolute atomic E-state index is 0.696. The fraction of sp³-hybridized carbons (Fsp3) is 0.571. The first-order valence-electron chi connectivity index (χ1n) is 6.21. The zero-order chi connectivity index (χ0) is 11.0. The van der Waals surface area contributed by atoms with Crippen LogP contribution in [-0.2, 0) is 4.74 Å². The molecule has 1 heterocycles. The highest BCUT2D eigenvalue weighted by Gasteiger charge is 2.25. The molecule has 1 aliphatic carbocycles. The molecule has 2 aliphatic rings. The highest BCUT2D eigenvalue weighted by Crippen LogP contribution is 2.42. The maximum atomic E-state index is 5.44. The van der Waals surface area contributed by atoms with Gasteiger partial charge in [0.05, 0.1) is 0 Å². The van der Waals surface area contributed by atoms with Crippen LogP contribution in [0.3, 0.4) is 0 Å². The molecule has 0 unspecified atom stereocenters. The van der Waals surface area contributed by atoms with Crippen molar-refractivity contribution in [2.75, 3.05) is 13.2 Å². The fourth-order valence-electron chi connectivity index (χ4n) is 2.55. The van der Waals surface area contributed by atoms with Gasteiger partial charge in [-0.1, -0.05) is 28.1 Å². The third kappa shape index (κ3) is 2.18. The van der Waals surface area contributed by atoms with E-state index in [1.165, 1.54) is 35.7 Å². The minimum Gasteiger partial charge on any atom is -0.381 e. The monoisotopic (exact) mass is 280 g/mol. The van der Waals surface area contributed by atoms with E-state index in [9.17, 15) is 0 Å². The standard InChI is InChI=1S/C14H17BrO/c15-14-4-3-12(10-1-2-10)9-13(14)11-5-7-16-8-6-11/h3-4,9-11H,1-2,5-8H2. The number of hydrogen-bond donors (Lipinski definition) is 0. The van der Waals surface area contributed by atoms with E-state index in [4.69, 9.17) is 4.74 Å². The van der Waals surface area contributed by atoms with Crippen LogP contribution in [0.4, 0.5) is 0 Å². The van der Waals surface area contributed by atoms with Gasteiger partial charge in [0.1, 0.15) is 0 Å². The van der Waals surface area contributed by atoms with Gasteiger partial charge in [0.25, 0.3) is 0 Å². The second-order valence-corrected chi connectivity index (χ2v) is 5.80. The van der Waals surface area contributed by atoms with Crippen molar-refractivity contribution in [2.24, 2.45) is 0 Å². The molecule has 0 spiro atoms. The van der Waals surface area contributed by atoms with Crippen molar-refractivity contribution >= 4 is 15.9 Å². The molecule has 1 aromatic carbocycles. The Morgan fingerprint density at radius 3 is 2.44 bits per heavy atom. The van der Waals surface area contributed by atoms with Gasteiger partial charge in [-0.3, -0.25) is 0 Å². The van der Waals surface area contributed by atoms with Crippen molar-refractivity contribution in [1.82, 2.24) is 0 Å². The maximum Gasteiger partial charge on any atom is 0.0471 e. The van der Waals surface area contributed by atoms with Crippen molar-refractivity contribution < 1.29 is 4.74 Å². The summed E-state index contributed by atoms with van der Waals surface area (Å²) in [4.78, 5) is 0. The molecule has 1 aromatic rings. The molecule has 0 N–H and O–H groups in total. The molecule has 16 heavy (non-hydrogen) atoms. The summed E-state index contributed by atoms with van der Waals surface area (Å²) in [6.45, 7) is 1.84. The van der Waals surface area contributed by atoms with E-state index in [1.54, 1.807) is 5.56 Å². The Labute approximate surface area is 105 Å². The zero-order valence-corrected chi connectivity index (χ0v) is 11.0. The Hall–Kier alpha value is -0.340. The minimum atomic E-state index is 0.696. The number of rotatable bonds is 2. The second-order valence-electron chi connectivity index (χ2n) is 4.94. The third-order valence-electron chi connectivity index (χ3n) is 3.73. The number of hydrogen-bond acceptors (Lipinski definition) is 1. The highest BCUT2D eigenvalue weighted by atomic mass is 79.9. The van der Waals surface area contributed by atoms with Gasteiger partial charge in [-0.25, -0.2) is 0 Å². The van der Waals surface area contributed by atoms with E-state index in [0.29, 0.717) is 5.92 Å². The highest BCUT2D eigenvalue weighted by molar-refractivity contribution is 9.10. The number of ether oxygens (including phenoxy) is 1. The summed E-state index contributed by atoms with van der Waals surface area (Å²) in [6, 6.07) is 6.95. The van der Waals surface area contributed by atoms with Gasteiger partial charge in [0, 0.05) is 17.7 Å². The van der Waals surface area contributed by atoms with Gasteiger partial charge in [-0.15, -0.1) is 0 Å². The summed E-state index contributed by atoms with van der Waals surface area (Å²) < 4.78 is 6.72. The Balaban J connectivity index is 1.88. The van der Waals surface area contributed by atoms with Crippen LogP contribution in [0, 0.1) is 0 Å². The first-order valence-corrected chi connectivity index (χ1v) is 7.01. The first kappa shape index (κ1) is 10.8. The average molecular weight is 281 g/mol. The zero-order valence-electron chi connectivity index (χ0n) is 9.42. The summed E-state index contributed by atoms with van der Waals surface area (Å²) >= 11 is 3.69. The summed E-state index contributed by atoms with van der Waals surface area (Å²) in [5, 5.41) is 0. The predicted molar refractivity (Wildman–Crippen MR) is 68.9 cm³/mol. The molecule has 1 saturated carbocycles. The van der Waals surface area contributed by atoms with Gasteiger partial charge in [0.2, 0.25) is 0 Å².